The zero-order valence-electron chi connectivity index (χ0n) is 10.1. The van der Waals surface area contributed by atoms with Gasteiger partial charge in [0.2, 0.25) is 0 Å². The largest absolute Gasteiger partial charge is 0.336 e. The predicted molar refractivity (Wildman–Crippen MR) is 81.9 cm³/mol. The molecule has 0 aliphatic heterocycles. The fraction of sp³-hybridized carbons (Fsp3) is 0. The molecule has 3 aromatic rings. The Balaban J connectivity index is 2.06. The number of anilines is 2. The lowest BCUT2D eigenvalue weighted by atomic mass is 10.2. The topological polar surface area (TPSA) is 37.8 Å². The van der Waals surface area contributed by atoms with Crippen molar-refractivity contribution in [3.8, 4) is 0 Å². The summed E-state index contributed by atoms with van der Waals surface area (Å²) in [5.41, 5.74) is 1.43. The molecule has 0 atom stereocenters. The van der Waals surface area contributed by atoms with Crippen LogP contribution in [0.5, 0.6) is 0 Å². The van der Waals surface area contributed by atoms with Gasteiger partial charge in [-0.3, -0.25) is 4.98 Å². The minimum atomic E-state index is -0.508. The van der Waals surface area contributed by atoms with Gasteiger partial charge in [0.1, 0.15) is 0 Å². The predicted octanol–water partition coefficient (Wildman–Crippen LogP) is 4.93. The number of hydrogen-bond acceptors (Lipinski definition) is 3. The molecular formula is C14H8BrClFN3. The zero-order valence-corrected chi connectivity index (χ0v) is 12.4. The van der Waals surface area contributed by atoms with Crippen molar-refractivity contribution in [3.05, 3.63) is 58.0 Å². The van der Waals surface area contributed by atoms with Crippen molar-refractivity contribution in [3.63, 3.8) is 0 Å². The molecule has 1 N–H and O–H groups in total. The molecule has 0 amide bonds. The highest BCUT2D eigenvalue weighted by atomic mass is 79.9. The summed E-state index contributed by atoms with van der Waals surface area (Å²) in [4.78, 5) is 8.28. The third-order valence-electron chi connectivity index (χ3n) is 2.74. The molecule has 0 saturated heterocycles. The molecule has 2 aromatic heterocycles. The molecule has 0 unspecified atom stereocenters. The van der Waals surface area contributed by atoms with Crippen LogP contribution in [0.4, 0.5) is 15.9 Å². The smallest absolute Gasteiger partial charge is 0.167 e. The Morgan fingerprint density at radius 2 is 2.00 bits per heavy atom. The Hall–Kier alpha value is -1.72. The van der Waals surface area contributed by atoms with E-state index in [1.54, 1.807) is 6.20 Å². The highest BCUT2D eigenvalue weighted by Gasteiger charge is 2.08. The number of aromatic nitrogens is 2. The molecule has 3 nitrogen and oxygen atoms in total. The lowest BCUT2D eigenvalue weighted by molar-refractivity contribution is 0.626. The molecule has 0 aliphatic rings. The van der Waals surface area contributed by atoms with Crippen LogP contribution in [0.2, 0.25) is 5.02 Å². The maximum absolute atomic E-state index is 13.8. The molecule has 0 radical (unpaired) electrons. The van der Waals surface area contributed by atoms with E-state index in [0.29, 0.717) is 5.69 Å². The second-order valence-corrected chi connectivity index (χ2v) is 5.49. The second-order valence-electron chi connectivity index (χ2n) is 4.14. The van der Waals surface area contributed by atoms with Crippen LogP contribution < -0.4 is 5.32 Å². The van der Waals surface area contributed by atoms with Gasteiger partial charge in [0.25, 0.3) is 0 Å². The van der Waals surface area contributed by atoms with E-state index in [2.05, 4.69) is 31.2 Å². The Morgan fingerprint density at radius 1 is 1.15 bits per heavy atom. The van der Waals surface area contributed by atoms with E-state index >= 15 is 0 Å². The van der Waals surface area contributed by atoms with Crippen LogP contribution in [0.3, 0.4) is 0 Å². The monoisotopic (exact) mass is 351 g/mol. The van der Waals surface area contributed by atoms with E-state index in [4.69, 9.17) is 11.6 Å². The molecule has 0 saturated carbocycles. The van der Waals surface area contributed by atoms with Gasteiger partial charge < -0.3 is 5.32 Å². The Bertz CT molecular complexity index is 794. The summed E-state index contributed by atoms with van der Waals surface area (Å²) in [6.07, 6.45) is 3.08. The van der Waals surface area contributed by atoms with Gasteiger partial charge in [0, 0.05) is 22.3 Å². The Labute approximate surface area is 127 Å². The Morgan fingerprint density at radius 3 is 2.80 bits per heavy atom. The first-order valence-corrected chi connectivity index (χ1v) is 6.93. The average molecular weight is 353 g/mol. The van der Waals surface area contributed by atoms with E-state index in [1.165, 1.54) is 12.3 Å². The van der Waals surface area contributed by atoms with Crippen LogP contribution in [-0.4, -0.2) is 9.97 Å². The number of pyridine rings is 2. The molecule has 0 fully saturated rings. The van der Waals surface area contributed by atoms with Gasteiger partial charge in [0.15, 0.2) is 11.6 Å². The van der Waals surface area contributed by atoms with Crippen LogP contribution >= 0.6 is 27.5 Å². The van der Waals surface area contributed by atoms with Gasteiger partial charge >= 0.3 is 0 Å². The molecule has 0 aliphatic carbocycles. The molecule has 0 bridgehead atoms. The lowest BCUT2D eigenvalue weighted by Crippen LogP contribution is -1.98. The summed E-state index contributed by atoms with van der Waals surface area (Å²) in [6, 6.07) is 8.78. The zero-order chi connectivity index (χ0) is 14.1. The van der Waals surface area contributed by atoms with Gasteiger partial charge in [-0.05, 0) is 34.1 Å². The maximum atomic E-state index is 13.8. The number of para-hydroxylation sites is 1. The first-order chi connectivity index (χ1) is 9.63. The molecule has 20 heavy (non-hydrogen) atoms. The minimum Gasteiger partial charge on any atom is -0.336 e. The molecule has 3 rings (SSSR count). The minimum absolute atomic E-state index is 0.117. The number of fused-ring (bicyclic) bond motifs is 1. The standard InChI is InChI=1S/C14H8BrClFN3/c15-9-4-8-2-1-3-12(13(8)18-6-9)20-14-11(17)5-10(16)7-19-14/h1-7H,(H,19,20). The molecule has 6 heteroatoms. The summed E-state index contributed by atoms with van der Waals surface area (Å²) >= 11 is 9.06. The lowest BCUT2D eigenvalue weighted by Gasteiger charge is -2.09. The van der Waals surface area contributed by atoms with Crippen LogP contribution in [0, 0.1) is 5.82 Å². The summed E-state index contributed by atoms with van der Waals surface area (Å²) in [5.74, 6) is -0.391. The van der Waals surface area contributed by atoms with E-state index < -0.39 is 5.82 Å². The fourth-order valence-corrected chi connectivity index (χ4v) is 2.36. The van der Waals surface area contributed by atoms with Gasteiger partial charge in [0.05, 0.1) is 16.2 Å². The number of rotatable bonds is 2. The molecular weight excluding hydrogens is 345 g/mol. The van der Waals surface area contributed by atoms with Crippen LogP contribution in [0.15, 0.2) is 47.2 Å². The number of nitrogens with one attached hydrogen (secondary N) is 1. The van der Waals surface area contributed by atoms with Gasteiger partial charge in [-0.2, -0.15) is 0 Å². The number of hydrogen-bond donors (Lipinski definition) is 1. The van der Waals surface area contributed by atoms with Crippen molar-refractivity contribution < 1.29 is 4.39 Å². The third kappa shape index (κ3) is 2.59. The third-order valence-corrected chi connectivity index (χ3v) is 3.38. The molecule has 1 aromatic carbocycles. The molecule has 0 spiro atoms. The number of nitrogens with zero attached hydrogens (tertiary/aromatic N) is 2. The summed E-state index contributed by atoms with van der Waals surface area (Å²) in [5, 5.41) is 4.14. The average Bonchev–Trinajstić information content (AvgIpc) is 2.41. The second kappa shape index (κ2) is 5.34. The van der Waals surface area contributed by atoms with Crippen molar-refractivity contribution in [1.82, 2.24) is 9.97 Å². The van der Waals surface area contributed by atoms with Crippen molar-refractivity contribution in [2.45, 2.75) is 0 Å². The van der Waals surface area contributed by atoms with E-state index in [9.17, 15) is 4.39 Å². The van der Waals surface area contributed by atoms with Gasteiger partial charge in [-0.25, -0.2) is 9.37 Å². The van der Waals surface area contributed by atoms with Crippen LogP contribution in [0.1, 0.15) is 0 Å². The fourth-order valence-electron chi connectivity index (χ4n) is 1.87. The maximum Gasteiger partial charge on any atom is 0.167 e. The Kier molecular flexibility index (Phi) is 3.54. The van der Waals surface area contributed by atoms with Crippen molar-refractivity contribution in [2.75, 3.05) is 5.32 Å². The van der Waals surface area contributed by atoms with Gasteiger partial charge in [-0.15, -0.1) is 0 Å². The number of benzene rings is 1. The van der Waals surface area contributed by atoms with E-state index in [0.717, 1.165) is 15.4 Å². The summed E-state index contributed by atoms with van der Waals surface area (Å²) in [6.45, 7) is 0. The van der Waals surface area contributed by atoms with Crippen LogP contribution in [0.25, 0.3) is 10.9 Å². The first kappa shape index (κ1) is 13.3. The van der Waals surface area contributed by atoms with Crippen molar-refractivity contribution >= 4 is 49.9 Å². The molecule has 2 heterocycles. The SMILES string of the molecule is Fc1cc(Cl)cnc1Nc1cccc2cc(Br)cnc12. The quantitative estimate of drug-likeness (QED) is 0.711. The number of halogens is 3. The summed E-state index contributed by atoms with van der Waals surface area (Å²) in [7, 11) is 0. The highest BCUT2D eigenvalue weighted by Crippen LogP contribution is 2.27. The van der Waals surface area contributed by atoms with Gasteiger partial charge in [-0.1, -0.05) is 23.7 Å². The van der Waals surface area contributed by atoms with E-state index in [1.807, 2.05) is 24.3 Å². The van der Waals surface area contributed by atoms with Crippen molar-refractivity contribution in [1.29, 1.82) is 0 Å². The first-order valence-electron chi connectivity index (χ1n) is 5.76. The highest BCUT2D eigenvalue weighted by molar-refractivity contribution is 9.10. The summed E-state index contributed by atoms with van der Waals surface area (Å²) < 4.78 is 14.6. The molecule has 100 valence electrons. The van der Waals surface area contributed by atoms with Crippen molar-refractivity contribution in [2.24, 2.45) is 0 Å². The normalized spacial score (nSPS) is 10.8. The van der Waals surface area contributed by atoms with E-state index in [-0.39, 0.29) is 10.8 Å². The van der Waals surface area contributed by atoms with Crippen LogP contribution in [-0.2, 0) is 0 Å².